The quantitative estimate of drug-likeness (QED) is 0.174. The molecule has 0 spiro atoms. The van der Waals surface area contributed by atoms with E-state index in [2.05, 4.69) is 170 Å². The Morgan fingerprint density at radius 3 is 1.55 bits per heavy atom. The van der Waals surface area contributed by atoms with Crippen molar-refractivity contribution in [2.24, 2.45) is 0 Å². The van der Waals surface area contributed by atoms with E-state index in [9.17, 15) is 0 Å². The van der Waals surface area contributed by atoms with Crippen molar-refractivity contribution in [3.63, 3.8) is 0 Å². The first kappa shape index (κ1) is 31.4. The first-order chi connectivity index (χ1) is 26.3. The van der Waals surface area contributed by atoms with Crippen LogP contribution in [-0.4, -0.2) is 20.2 Å². The molecule has 2 atom stereocenters. The molecule has 2 aliphatic rings. The lowest BCUT2D eigenvalue weighted by Gasteiger charge is -2.14. The van der Waals surface area contributed by atoms with Crippen LogP contribution in [0.15, 0.2) is 193 Å². The average molecular weight is 696 g/mol. The molecule has 3 nitrogen and oxygen atoms in total. The minimum atomic E-state index is 0.362. The molecule has 0 saturated carbocycles. The van der Waals surface area contributed by atoms with Crippen LogP contribution in [0.3, 0.4) is 0 Å². The third-order valence-corrected chi connectivity index (χ3v) is 11.8. The molecule has 250 valence electrons. The summed E-state index contributed by atoms with van der Waals surface area (Å²) < 4.78 is 0. The Labute approximate surface area is 313 Å². The van der Waals surface area contributed by atoms with Gasteiger partial charge in [0.05, 0.1) is 0 Å². The van der Waals surface area contributed by atoms with Gasteiger partial charge in [0.2, 0.25) is 0 Å². The highest BCUT2D eigenvalue weighted by molar-refractivity contribution is 8.00. The second kappa shape index (κ2) is 13.3. The van der Waals surface area contributed by atoms with Crippen molar-refractivity contribution in [3.05, 3.63) is 194 Å². The van der Waals surface area contributed by atoms with E-state index in [4.69, 9.17) is 15.0 Å². The van der Waals surface area contributed by atoms with Gasteiger partial charge in [-0.25, -0.2) is 15.0 Å². The summed E-state index contributed by atoms with van der Waals surface area (Å²) >= 11 is 1.91. The van der Waals surface area contributed by atoms with E-state index >= 15 is 0 Å². The number of benzene rings is 7. The number of thioether (sulfide) groups is 1. The highest BCUT2D eigenvalue weighted by Crippen LogP contribution is 2.51. The van der Waals surface area contributed by atoms with Gasteiger partial charge in [0.1, 0.15) is 0 Å². The molecule has 53 heavy (non-hydrogen) atoms. The van der Waals surface area contributed by atoms with Crippen LogP contribution in [0, 0.1) is 0 Å². The Morgan fingerprint density at radius 2 is 0.868 bits per heavy atom. The molecule has 0 radical (unpaired) electrons. The van der Waals surface area contributed by atoms with Gasteiger partial charge in [0.15, 0.2) is 17.5 Å². The van der Waals surface area contributed by atoms with Gasteiger partial charge in [-0.2, -0.15) is 0 Å². The third kappa shape index (κ3) is 5.78. The molecule has 0 bridgehead atoms. The van der Waals surface area contributed by atoms with E-state index in [-0.39, 0.29) is 0 Å². The molecular weight excluding hydrogens is 663 g/mol. The molecule has 0 amide bonds. The summed E-state index contributed by atoms with van der Waals surface area (Å²) in [5.74, 6) is 2.40. The van der Waals surface area contributed by atoms with Gasteiger partial charge in [-0.05, 0) is 55.8 Å². The Hall–Kier alpha value is -6.36. The van der Waals surface area contributed by atoms with Gasteiger partial charge in [0, 0.05) is 32.8 Å². The number of fused-ring (bicyclic) bond motifs is 4. The SMILES string of the molecule is C1=CC2Sc3c(-c4nc(-c5ccccc5)nc(-c5ccc(-c6ccc(-c7ccc(-c8ccccc8)cc7)cc6)c6ccccc56)n4)cccc3C2C=C1. The average Bonchev–Trinajstić information content (AvgIpc) is 3.63. The Bertz CT molecular complexity index is 2680. The number of rotatable bonds is 6. The zero-order valence-electron chi connectivity index (χ0n) is 28.8. The first-order valence-corrected chi connectivity index (χ1v) is 18.9. The van der Waals surface area contributed by atoms with Gasteiger partial charge in [-0.15, -0.1) is 11.8 Å². The van der Waals surface area contributed by atoms with E-state index < -0.39 is 0 Å². The largest absolute Gasteiger partial charge is 0.208 e. The molecular formula is C49H33N3S. The summed E-state index contributed by atoms with van der Waals surface area (Å²) in [6.07, 6.45) is 8.93. The van der Waals surface area contributed by atoms with Crippen molar-refractivity contribution >= 4 is 22.5 Å². The predicted molar refractivity (Wildman–Crippen MR) is 221 cm³/mol. The third-order valence-electron chi connectivity index (χ3n) is 10.3. The van der Waals surface area contributed by atoms with Crippen LogP contribution in [0.25, 0.3) is 78.3 Å². The summed E-state index contributed by atoms with van der Waals surface area (Å²) in [7, 11) is 0. The normalized spacial score (nSPS) is 15.7. The van der Waals surface area contributed by atoms with Crippen LogP contribution >= 0.6 is 11.8 Å². The van der Waals surface area contributed by atoms with Gasteiger partial charge >= 0.3 is 0 Å². The summed E-state index contributed by atoms with van der Waals surface area (Å²) in [4.78, 5) is 16.8. The molecule has 8 aromatic rings. The van der Waals surface area contributed by atoms with E-state index in [1.807, 2.05) is 30.0 Å². The topological polar surface area (TPSA) is 38.7 Å². The van der Waals surface area contributed by atoms with Crippen LogP contribution in [0.2, 0.25) is 0 Å². The van der Waals surface area contributed by atoms with Gasteiger partial charge < -0.3 is 0 Å². The maximum Gasteiger partial charge on any atom is 0.165 e. The van der Waals surface area contributed by atoms with Crippen molar-refractivity contribution in [1.29, 1.82) is 0 Å². The number of aromatic nitrogens is 3. The molecule has 1 aromatic heterocycles. The first-order valence-electron chi connectivity index (χ1n) is 18.0. The fourth-order valence-electron chi connectivity index (χ4n) is 7.65. The fraction of sp³-hybridized carbons (Fsp3) is 0.0408. The van der Waals surface area contributed by atoms with Crippen molar-refractivity contribution in [2.45, 2.75) is 16.1 Å². The zero-order valence-corrected chi connectivity index (χ0v) is 29.6. The monoisotopic (exact) mass is 695 g/mol. The molecule has 10 rings (SSSR count). The fourth-order valence-corrected chi connectivity index (χ4v) is 9.10. The molecule has 2 unspecified atom stereocenters. The minimum absolute atomic E-state index is 0.362. The van der Waals surface area contributed by atoms with E-state index in [0.29, 0.717) is 28.6 Å². The van der Waals surface area contributed by atoms with Crippen molar-refractivity contribution in [2.75, 3.05) is 0 Å². The molecule has 1 aliphatic carbocycles. The molecule has 0 fully saturated rings. The smallest absolute Gasteiger partial charge is 0.165 e. The summed E-state index contributed by atoms with van der Waals surface area (Å²) in [6.45, 7) is 0. The van der Waals surface area contributed by atoms with Crippen LogP contribution < -0.4 is 0 Å². The van der Waals surface area contributed by atoms with Crippen LogP contribution in [0.1, 0.15) is 11.5 Å². The molecule has 0 saturated heterocycles. The summed E-state index contributed by atoms with van der Waals surface area (Å²) in [6, 6.07) is 58.0. The highest BCUT2D eigenvalue weighted by atomic mass is 32.2. The predicted octanol–water partition coefficient (Wildman–Crippen LogP) is 12.7. The van der Waals surface area contributed by atoms with Crippen LogP contribution in [-0.2, 0) is 0 Å². The van der Waals surface area contributed by atoms with E-state index in [1.165, 1.54) is 43.8 Å². The van der Waals surface area contributed by atoms with Crippen molar-refractivity contribution < 1.29 is 0 Å². The minimum Gasteiger partial charge on any atom is -0.208 e. The highest BCUT2D eigenvalue weighted by Gasteiger charge is 2.33. The van der Waals surface area contributed by atoms with E-state index in [1.54, 1.807) is 0 Å². The van der Waals surface area contributed by atoms with Gasteiger partial charge in [0.25, 0.3) is 0 Å². The number of hydrogen-bond acceptors (Lipinski definition) is 4. The van der Waals surface area contributed by atoms with Crippen LogP contribution in [0.5, 0.6) is 0 Å². The Kier molecular flexibility index (Phi) is 7.89. The van der Waals surface area contributed by atoms with Crippen molar-refractivity contribution in [1.82, 2.24) is 15.0 Å². The number of hydrogen-bond donors (Lipinski definition) is 0. The molecule has 0 N–H and O–H groups in total. The zero-order chi connectivity index (χ0) is 35.1. The second-order valence-corrected chi connectivity index (χ2v) is 14.7. The van der Waals surface area contributed by atoms with Crippen molar-refractivity contribution in [3.8, 4) is 67.5 Å². The molecule has 2 heterocycles. The number of nitrogens with zero attached hydrogens (tertiary/aromatic N) is 3. The van der Waals surface area contributed by atoms with Crippen LogP contribution in [0.4, 0.5) is 0 Å². The summed E-state index contributed by atoms with van der Waals surface area (Å²) in [5, 5.41) is 2.65. The second-order valence-electron chi connectivity index (χ2n) is 13.5. The maximum atomic E-state index is 5.25. The molecule has 4 heteroatoms. The summed E-state index contributed by atoms with van der Waals surface area (Å²) in [5.41, 5.74) is 11.5. The van der Waals surface area contributed by atoms with Gasteiger partial charge in [-0.1, -0.05) is 182 Å². The van der Waals surface area contributed by atoms with E-state index in [0.717, 1.165) is 27.5 Å². The lowest BCUT2D eigenvalue weighted by molar-refractivity contribution is 0.880. The molecule has 7 aromatic carbocycles. The molecule has 1 aliphatic heterocycles. The standard InChI is InChI=1S/C49H33N3S/c1-3-12-32(13-4-1)33-22-24-34(25-23-33)35-26-28-36(29-27-35)38-30-31-43(40-17-8-7-16-39(38)40)48-50-47(37-14-5-2-6-15-37)51-49(52-48)44-20-11-19-42-41-18-9-10-21-45(41)53-46(42)44/h1-31,41,45H. The lowest BCUT2D eigenvalue weighted by atomic mass is 9.91. The maximum absolute atomic E-state index is 5.25. The lowest BCUT2D eigenvalue weighted by Crippen LogP contribution is -2.06. The van der Waals surface area contributed by atoms with Gasteiger partial charge in [-0.3, -0.25) is 0 Å². The number of allylic oxidation sites excluding steroid dienone is 3. The Balaban J connectivity index is 1.05. The Morgan fingerprint density at radius 1 is 0.358 bits per heavy atom.